The maximum absolute atomic E-state index is 6.14. The molecular weight excluding hydrogens is 278 g/mol. The summed E-state index contributed by atoms with van der Waals surface area (Å²) in [7, 11) is 0. The highest BCUT2D eigenvalue weighted by atomic mass is 35.5. The van der Waals surface area contributed by atoms with E-state index >= 15 is 0 Å². The van der Waals surface area contributed by atoms with Gasteiger partial charge in [-0.3, -0.25) is 0 Å². The molecule has 0 atom stereocenters. The first-order chi connectivity index (χ1) is 9.33. The highest BCUT2D eigenvalue weighted by Crippen LogP contribution is 2.32. The molecule has 0 aromatic carbocycles. The lowest BCUT2D eigenvalue weighted by atomic mass is 10.3. The normalized spacial score (nSPS) is 14.6. The van der Waals surface area contributed by atoms with Gasteiger partial charge in [-0.1, -0.05) is 17.7 Å². The molecule has 0 saturated heterocycles. The summed E-state index contributed by atoms with van der Waals surface area (Å²) in [6.07, 6.45) is 6.13. The number of aromatic nitrogens is 2. The first-order valence-corrected chi connectivity index (χ1v) is 7.48. The minimum atomic E-state index is 0.666. The molecule has 1 aliphatic rings. The van der Waals surface area contributed by atoms with E-state index in [1.54, 1.807) is 12.4 Å². The Morgan fingerprint density at radius 1 is 1.16 bits per heavy atom. The number of hydrogen-bond donors (Lipinski definition) is 1. The summed E-state index contributed by atoms with van der Waals surface area (Å²) in [5.41, 5.74) is 1.20. The van der Waals surface area contributed by atoms with E-state index in [9.17, 15) is 0 Å². The van der Waals surface area contributed by atoms with E-state index in [2.05, 4.69) is 21.4 Å². The molecule has 3 nitrogen and oxygen atoms in total. The Balaban J connectivity index is 1.77. The summed E-state index contributed by atoms with van der Waals surface area (Å²) < 4.78 is 0. The summed E-state index contributed by atoms with van der Waals surface area (Å²) in [6, 6.07) is 8.44. The van der Waals surface area contributed by atoms with Crippen LogP contribution >= 0.6 is 23.4 Å². The Morgan fingerprint density at radius 2 is 1.89 bits per heavy atom. The Labute approximate surface area is 121 Å². The molecule has 98 valence electrons. The summed E-state index contributed by atoms with van der Waals surface area (Å²) in [5, 5.41) is 5.94. The van der Waals surface area contributed by atoms with Crippen LogP contribution < -0.4 is 5.32 Å². The molecular formula is C14H14ClN3S. The van der Waals surface area contributed by atoms with Crippen LogP contribution in [0.2, 0.25) is 5.02 Å². The van der Waals surface area contributed by atoms with E-state index in [-0.39, 0.29) is 0 Å². The Bertz CT molecular complexity index is 572. The molecule has 2 aromatic rings. The topological polar surface area (TPSA) is 37.8 Å². The van der Waals surface area contributed by atoms with Gasteiger partial charge in [0, 0.05) is 25.0 Å². The minimum absolute atomic E-state index is 0.666. The van der Waals surface area contributed by atoms with Gasteiger partial charge in [0.05, 0.1) is 5.02 Å². The van der Waals surface area contributed by atoms with Gasteiger partial charge in [0.25, 0.3) is 0 Å². The van der Waals surface area contributed by atoms with Crippen LogP contribution in [0.3, 0.4) is 0 Å². The van der Waals surface area contributed by atoms with Crippen molar-refractivity contribution in [3.63, 3.8) is 0 Å². The number of pyridine rings is 2. The van der Waals surface area contributed by atoms with Crippen molar-refractivity contribution in [2.75, 3.05) is 0 Å². The maximum Gasteiger partial charge on any atom is 0.121 e. The first-order valence-electron chi connectivity index (χ1n) is 6.28. The quantitative estimate of drug-likeness (QED) is 0.914. The van der Waals surface area contributed by atoms with Crippen molar-refractivity contribution in [1.29, 1.82) is 0 Å². The fourth-order valence-electron chi connectivity index (χ4n) is 1.73. The monoisotopic (exact) mass is 291 g/mol. The number of hydrogen-bond acceptors (Lipinski definition) is 4. The lowest BCUT2D eigenvalue weighted by molar-refractivity contribution is 0.675. The molecule has 19 heavy (non-hydrogen) atoms. The molecule has 0 unspecified atom stereocenters. The first kappa shape index (κ1) is 12.9. The minimum Gasteiger partial charge on any atom is -0.310 e. The van der Waals surface area contributed by atoms with Crippen molar-refractivity contribution >= 4 is 23.4 Å². The number of rotatable bonds is 5. The van der Waals surface area contributed by atoms with E-state index in [1.807, 2.05) is 18.2 Å². The van der Waals surface area contributed by atoms with Gasteiger partial charge in [-0.15, -0.1) is 0 Å². The van der Waals surface area contributed by atoms with Crippen LogP contribution in [0.1, 0.15) is 18.4 Å². The van der Waals surface area contributed by atoms with Gasteiger partial charge in [-0.25, -0.2) is 9.97 Å². The summed E-state index contributed by atoms with van der Waals surface area (Å²) in [5.74, 6) is 0. The van der Waals surface area contributed by atoms with E-state index < -0.39 is 0 Å². The van der Waals surface area contributed by atoms with E-state index in [1.165, 1.54) is 30.2 Å². The largest absolute Gasteiger partial charge is 0.310 e. The molecule has 2 aromatic heterocycles. The average molecular weight is 292 g/mol. The van der Waals surface area contributed by atoms with Gasteiger partial charge in [-0.05, 0) is 48.4 Å². The fourth-order valence-corrected chi connectivity index (χ4v) is 2.81. The van der Waals surface area contributed by atoms with Crippen molar-refractivity contribution in [2.24, 2.45) is 0 Å². The predicted octanol–water partition coefficient (Wildman–Crippen LogP) is 3.53. The van der Waals surface area contributed by atoms with E-state index in [0.717, 1.165) is 16.6 Å². The molecule has 5 heteroatoms. The van der Waals surface area contributed by atoms with Gasteiger partial charge in [0.2, 0.25) is 0 Å². The zero-order valence-corrected chi connectivity index (χ0v) is 11.9. The summed E-state index contributed by atoms with van der Waals surface area (Å²) in [6.45, 7) is 0.852. The number of halogens is 1. The van der Waals surface area contributed by atoms with E-state index in [0.29, 0.717) is 11.1 Å². The average Bonchev–Trinajstić information content (AvgIpc) is 3.24. The van der Waals surface area contributed by atoms with Gasteiger partial charge in [0.1, 0.15) is 10.1 Å². The molecule has 0 spiro atoms. The third-order valence-corrected chi connectivity index (χ3v) is 4.42. The Hall–Kier alpha value is -1.10. The molecule has 0 aliphatic heterocycles. The third-order valence-electron chi connectivity index (χ3n) is 2.93. The molecule has 2 heterocycles. The molecule has 1 aliphatic carbocycles. The molecule has 1 N–H and O–H groups in total. The molecule has 3 rings (SSSR count). The standard InChI is InChI=1S/C14H14ClN3S/c15-12-4-2-8-17-14(12)19-13-10(3-1-7-16-13)9-18-11-5-6-11/h1-4,7-8,11,18H,5-6,9H2. The van der Waals surface area contributed by atoms with Crippen molar-refractivity contribution in [1.82, 2.24) is 15.3 Å². The number of nitrogens with one attached hydrogen (secondary N) is 1. The van der Waals surface area contributed by atoms with Crippen molar-refractivity contribution in [3.8, 4) is 0 Å². The van der Waals surface area contributed by atoms with Gasteiger partial charge >= 0.3 is 0 Å². The smallest absolute Gasteiger partial charge is 0.121 e. The second-order valence-electron chi connectivity index (χ2n) is 4.52. The predicted molar refractivity (Wildman–Crippen MR) is 77.5 cm³/mol. The van der Waals surface area contributed by atoms with Crippen LogP contribution in [0.15, 0.2) is 46.7 Å². The van der Waals surface area contributed by atoms with Crippen LogP contribution in [0, 0.1) is 0 Å². The Morgan fingerprint density at radius 3 is 2.63 bits per heavy atom. The lowest BCUT2D eigenvalue weighted by Crippen LogP contribution is -2.16. The van der Waals surface area contributed by atoms with Crippen LogP contribution in [0.5, 0.6) is 0 Å². The summed E-state index contributed by atoms with van der Waals surface area (Å²) in [4.78, 5) is 8.73. The van der Waals surface area contributed by atoms with Crippen LogP contribution in [-0.4, -0.2) is 16.0 Å². The van der Waals surface area contributed by atoms with E-state index in [4.69, 9.17) is 11.6 Å². The van der Waals surface area contributed by atoms with Crippen LogP contribution in [-0.2, 0) is 6.54 Å². The molecule has 0 bridgehead atoms. The van der Waals surface area contributed by atoms with Crippen LogP contribution in [0.25, 0.3) is 0 Å². The highest BCUT2D eigenvalue weighted by Gasteiger charge is 2.20. The Kier molecular flexibility index (Phi) is 4.01. The van der Waals surface area contributed by atoms with Crippen molar-refractivity contribution < 1.29 is 0 Å². The van der Waals surface area contributed by atoms with Gasteiger partial charge in [0.15, 0.2) is 0 Å². The summed E-state index contributed by atoms with van der Waals surface area (Å²) >= 11 is 7.66. The molecule has 1 saturated carbocycles. The molecule has 0 amide bonds. The second kappa shape index (κ2) is 5.90. The van der Waals surface area contributed by atoms with Crippen LogP contribution in [0.4, 0.5) is 0 Å². The lowest BCUT2D eigenvalue weighted by Gasteiger charge is -2.09. The zero-order valence-electron chi connectivity index (χ0n) is 10.3. The third kappa shape index (κ3) is 3.47. The number of nitrogens with zero attached hydrogens (tertiary/aromatic N) is 2. The van der Waals surface area contributed by atoms with Crippen molar-refractivity contribution in [2.45, 2.75) is 35.5 Å². The maximum atomic E-state index is 6.14. The second-order valence-corrected chi connectivity index (χ2v) is 5.90. The molecule has 0 radical (unpaired) electrons. The fraction of sp³-hybridized carbons (Fsp3) is 0.286. The highest BCUT2D eigenvalue weighted by molar-refractivity contribution is 7.99. The zero-order chi connectivity index (χ0) is 13.1. The van der Waals surface area contributed by atoms with Crippen molar-refractivity contribution in [3.05, 3.63) is 47.2 Å². The molecule has 1 fully saturated rings. The SMILES string of the molecule is Clc1cccnc1Sc1ncccc1CNC1CC1. The van der Waals surface area contributed by atoms with Gasteiger partial charge in [-0.2, -0.15) is 0 Å². The van der Waals surface area contributed by atoms with Gasteiger partial charge < -0.3 is 5.32 Å².